The molecule has 0 radical (unpaired) electrons. The molecule has 9 heteroatoms. The van der Waals surface area contributed by atoms with Crippen LogP contribution < -0.4 is 0 Å². The van der Waals surface area contributed by atoms with Gasteiger partial charge in [0.15, 0.2) is 6.10 Å². The minimum Gasteiger partial charge on any atom is -0.462 e. The number of carbonyl (C=O) groups excluding carboxylic acids is 2. The van der Waals surface area contributed by atoms with Gasteiger partial charge in [0.2, 0.25) is 0 Å². The van der Waals surface area contributed by atoms with E-state index in [1.54, 1.807) is 6.92 Å². The molecule has 0 aliphatic rings. The Morgan fingerprint density at radius 1 is 1.44 bits per heavy atom. The second-order valence-corrected chi connectivity index (χ2v) is 3.92. The summed E-state index contributed by atoms with van der Waals surface area (Å²) < 4.78 is 23.5. The zero-order valence-electron chi connectivity index (χ0n) is 8.57. The van der Waals surface area contributed by atoms with Crippen molar-refractivity contribution in [2.45, 2.75) is 19.4 Å². The molecule has 0 bridgehead atoms. The third-order valence-electron chi connectivity index (χ3n) is 1.40. The first-order chi connectivity index (χ1) is 7.39. The molecule has 0 saturated heterocycles. The van der Waals surface area contributed by atoms with E-state index in [4.69, 9.17) is 9.79 Å². The van der Waals surface area contributed by atoms with E-state index >= 15 is 0 Å². The Hall–Kier alpha value is -0.950. The van der Waals surface area contributed by atoms with Crippen LogP contribution in [0.15, 0.2) is 0 Å². The van der Waals surface area contributed by atoms with Crippen LogP contribution in [0, 0.1) is 0 Å². The van der Waals surface area contributed by atoms with E-state index in [9.17, 15) is 14.2 Å². The second-order valence-electron chi connectivity index (χ2n) is 2.68. The minimum atomic E-state index is -4.63. The zero-order chi connectivity index (χ0) is 12.6. The summed E-state index contributed by atoms with van der Waals surface area (Å²) in [6.07, 6.45) is -0.895. The molecule has 0 rings (SSSR count). The van der Waals surface area contributed by atoms with Gasteiger partial charge >= 0.3 is 13.8 Å². The molecule has 0 saturated carbocycles. The summed E-state index contributed by atoms with van der Waals surface area (Å²) in [5.41, 5.74) is 0. The largest absolute Gasteiger partial charge is 0.469 e. The van der Waals surface area contributed by atoms with Crippen molar-refractivity contribution in [2.24, 2.45) is 0 Å². The molecule has 0 unspecified atom stereocenters. The van der Waals surface area contributed by atoms with Crippen LogP contribution in [0.5, 0.6) is 0 Å². The molecule has 2 N–H and O–H groups in total. The van der Waals surface area contributed by atoms with Crippen molar-refractivity contribution in [1.29, 1.82) is 0 Å². The Balaban J connectivity index is 4.02. The Morgan fingerprint density at radius 2 is 2.06 bits per heavy atom. The highest BCUT2D eigenvalue weighted by Crippen LogP contribution is 2.35. The average molecular weight is 256 g/mol. The van der Waals surface area contributed by atoms with Gasteiger partial charge in [0.25, 0.3) is 6.47 Å². The molecule has 0 amide bonds. The Labute approximate surface area is 91.7 Å². The fraction of sp³-hybridized carbons (Fsp3) is 0.714. The molecule has 0 aromatic carbocycles. The molecule has 16 heavy (non-hydrogen) atoms. The average Bonchev–Trinajstić information content (AvgIpc) is 2.20. The van der Waals surface area contributed by atoms with Gasteiger partial charge in [-0.15, -0.1) is 0 Å². The minimum absolute atomic E-state index is 0.0769. The first kappa shape index (κ1) is 15.0. The summed E-state index contributed by atoms with van der Waals surface area (Å²) in [7, 11) is -4.63. The number of hydrogen-bond donors (Lipinski definition) is 2. The first-order valence-corrected chi connectivity index (χ1v) is 5.87. The van der Waals surface area contributed by atoms with Crippen LogP contribution in [0.25, 0.3) is 0 Å². The van der Waals surface area contributed by atoms with Gasteiger partial charge in [-0.3, -0.25) is 14.1 Å². The van der Waals surface area contributed by atoms with Crippen molar-refractivity contribution in [2.75, 3.05) is 13.2 Å². The molecule has 0 aliphatic carbocycles. The number of phosphoric acid groups is 1. The molecular weight excluding hydrogens is 243 g/mol. The number of ether oxygens (including phenoxy) is 2. The van der Waals surface area contributed by atoms with E-state index < -0.39 is 26.5 Å². The lowest BCUT2D eigenvalue weighted by Gasteiger charge is -2.15. The van der Waals surface area contributed by atoms with Crippen molar-refractivity contribution in [1.82, 2.24) is 0 Å². The van der Waals surface area contributed by atoms with Crippen LogP contribution in [0.2, 0.25) is 0 Å². The van der Waals surface area contributed by atoms with E-state index in [0.717, 1.165) is 0 Å². The van der Waals surface area contributed by atoms with Crippen LogP contribution >= 0.6 is 7.82 Å². The normalized spacial score (nSPS) is 12.9. The molecule has 0 spiro atoms. The fourth-order valence-corrected chi connectivity index (χ4v) is 1.03. The molecule has 0 aromatic heterocycles. The van der Waals surface area contributed by atoms with Gasteiger partial charge in [-0.2, -0.15) is 0 Å². The Kier molecular flexibility index (Phi) is 6.91. The number of esters is 1. The number of rotatable bonds is 8. The summed E-state index contributed by atoms with van der Waals surface area (Å²) in [5, 5.41) is 0. The lowest BCUT2D eigenvalue weighted by atomic mass is 10.4. The van der Waals surface area contributed by atoms with Gasteiger partial charge < -0.3 is 19.3 Å². The highest BCUT2D eigenvalue weighted by Gasteiger charge is 2.20. The summed E-state index contributed by atoms with van der Waals surface area (Å²) in [6.45, 7) is 0.781. The summed E-state index contributed by atoms with van der Waals surface area (Å²) >= 11 is 0. The van der Waals surface area contributed by atoms with Crippen LogP contribution in [-0.2, 0) is 28.2 Å². The highest BCUT2D eigenvalue weighted by molar-refractivity contribution is 7.46. The van der Waals surface area contributed by atoms with Gasteiger partial charge in [0, 0.05) is 6.42 Å². The van der Waals surface area contributed by atoms with Gasteiger partial charge in [0.1, 0.15) is 6.61 Å². The molecular formula is C7H13O8P. The number of hydrogen-bond acceptors (Lipinski definition) is 6. The van der Waals surface area contributed by atoms with E-state index in [2.05, 4.69) is 14.0 Å². The topological polar surface area (TPSA) is 119 Å². The van der Waals surface area contributed by atoms with Crippen molar-refractivity contribution >= 4 is 20.3 Å². The molecule has 0 aliphatic heterocycles. The molecule has 0 fully saturated rings. The highest BCUT2D eigenvalue weighted by atomic mass is 31.2. The first-order valence-electron chi connectivity index (χ1n) is 4.34. The summed E-state index contributed by atoms with van der Waals surface area (Å²) in [5.74, 6) is -0.518. The zero-order valence-corrected chi connectivity index (χ0v) is 9.46. The van der Waals surface area contributed by atoms with Crippen LogP contribution in [0.4, 0.5) is 0 Å². The maximum Gasteiger partial charge on any atom is 0.469 e. The smallest absolute Gasteiger partial charge is 0.462 e. The third kappa shape index (κ3) is 8.37. The van der Waals surface area contributed by atoms with Crippen molar-refractivity contribution < 1.29 is 37.9 Å². The lowest BCUT2D eigenvalue weighted by molar-refractivity contribution is -0.153. The fourth-order valence-electron chi connectivity index (χ4n) is 0.673. The maximum atomic E-state index is 10.8. The Morgan fingerprint density at radius 3 is 2.50 bits per heavy atom. The molecule has 1 atom stereocenters. The van der Waals surface area contributed by atoms with Gasteiger partial charge in [-0.05, 0) is 0 Å². The van der Waals surface area contributed by atoms with Crippen molar-refractivity contribution in [3.63, 3.8) is 0 Å². The van der Waals surface area contributed by atoms with Crippen LogP contribution in [-0.4, -0.2) is 41.5 Å². The lowest BCUT2D eigenvalue weighted by Crippen LogP contribution is -2.26. The second kappa shape index (κ2) is 7.34. The number of carbonyl (C=O) groups is 2. The van der Waals surface area contributed by atoms with Crippen LogP contribution in [0.3, 0.4) is 0 Å². The van der Waals surface area contributed by atoms with Crippen molar-refractivity contribution in [3.8, 4) is 0 Å². The Bertz CT molecular complexity index is 272. The molecule has 8 nitrogen and oxygen atoms in total. The quantitative estimate of drug-likeness (QED) is 0.341. The van der Waals surface area contributed by atoms with Crippen molar-refractivity contribution in [3.05, 3.63) is 0 Å². The summed E-state index contributed by atoms with van der Waals surface area (Å²) in [4.78, 5) is 37.6. The van der Waals surface area contributed by atoms with Crippen LogP contribution in [0.1, 0.15) is 13.3 Å². The van der Waals surface area contributed by atoms with Gasteiger partial charge in [-0.1, -0.05) is 6.92 Å². The molecule has 0 aromatic rings. The van der Waals surface area contributed by atoms with E-state index in [0.29, 0.717) is 0 Å². The monoisotopic (exact) mass is 256 g/mol. The third-order valence-corrected chi connectivity index (χ3v) is 1.88. The number of phosphoric ester groups is 1. The van der Waals surface area contributed by atoms with E-state index in [1.807, 2.05) is 0 Å². The van der Waals surface area contributed by atoms with E-state index in [1.165, 1.54) is 0 Å². The predicted octanol–water partition coefficient (Wildman–Crippen LogP) is -0.410. The molecule has 0 heterocycles. The van der Waals surface area contributed by atoms with Gasteiger partial charge in [-0.25, -0.2) is 4.57 Å². The maximum absolute atomic E-state index is 10.8. The standard InChI is InChI=1S/C7H13O8P/c1-2-7(9)13-3-6(14-5-8)4-15-16(10,11)12/h5-6H,2-4H2,1H3,(H2,10,11,12)/t6-/m0/s1. The van der Waals surface area contributed by atoms with E-state index in [-0.39, 0.29) is 19.5 Å². The molecule has 94 valence electrons. The summed E-state index contributed by atoms with van der Waals surface area (Å²) in [6, 6.07) is 0. The van der Waals surface area contributed by atoms with Gasteiger partial charge in [0.05, 0.1) is 6.61 Å². The SMILES string of the molecule is CCC(=O)OC[C@@H](COP(=O)(O)O)OC=O. The predicted molar refractivity (Wildman–Crippen MR) is 50.2 cm³/mol.